The first-order valence-corrected chi connectivity index (χ1v) is 6.90. The van der Waals surface area contributed by atoms with Gasteiger partial charge in [0, 0.05) is 5.56 Å². The number of hydrogen-bond acceptors (Lipinski definition) is 5. The van der Waals surface area contributed by atoms with Crippen molar-refractivity contribution in [2.45, 2.75) is 13.3 Å². The summed E-state index contributed by atoms with van der Waals surface area (Å²) in [5, 5.41) is 15.7. The molecule has 0 heterocycles. The Morgan fingerprint density at radius 3 is 2.67 bits per heavy atom. The van der Waals surface area contributed by atoms with Crippen LogP contribution in [0.3, 0.4) is 0 Å². The Morgan fingerprint density at radius 1 is 1.44 bits per heavy atom. The number of sulfonamides is 1. The van der Waals surface area contributed by atoms with E-state index >= 15 is 0 Å². The highest BCUT2D eigenvalue weighted by Crippen LogP contribution is 2.30. The van der Waals surface area contributed by atoms with Gasteiger partial charge in [-0.25, -0.2) is 13.6 Å². The lowest BCUT2D eigenvalue weighted by molar-refractivity contribution is -0.386. The first kappa shape index (κ1) is 14.4. The summed E-state index contributed by atoms with van der Waals surface area (Å²) in [6.45, 7) is 1.66. The van der Waals surface area contributed by atoms with Crippen LogP contribution < -0.4 is 9.88 Å². The van der Waals surface area contributed by atoms with Gasteiger partial charge in [-0.2, -0.15) is 0 Å². The van der Waals surface area contributed by atoms with Gasteiger partial charge in [0.2, 0.25) is 10.0 Å². The molecule has 8 heteroatoms. The molecule has 0 aliphatic carbocycles. The molecule has 0 fully saturated rings. The summed E-state index contributed by atoms with van der Waals surface area (Å²) < 4.78 is 26.6. The van der Waals surface area contributed by atoms with Gasteiger partial charge in [-0.15, -0.1) is 0 Å². The average molecular weight is 274 g/mol. The third-order valence-electron chi connectivity index (χ3n) is 2.21. The van der Waals surface area contributed by atoms with Crippen LogP contribution >= 0.6 is 0 Å². The fraction of sp³-hybridized carbons (Fsp3) is 0.400. The van der Waals surface area contributed by atoms with Crippen LogP contribution in [0.15, 0.2) is 18.2 Å². The quantitative estimate of drug-likeness (QED) is 0.471. The normalized spacial score (nSPS) is 11.2. The number of aryl methyl sites for hydroxylation is 1. The zero-order chi connectivity index (χ0) is 13.8. The molecule has 0 aliphatic heterocycles. The summed E-state index contributed by atoms with van der Waals surface area (Å²) in [5.74, 6) is -0.0819. The number of nitro groups is 1. The van der Waals surface area contributed by atoms with Gasteiger partial charge < -0.3 is 4.74 Å². The van der Waals surface area contributed by atoms with E-state index in [1.807, 2.05) is 0 Å². The minimum absolute atomic E-state index is 0.0563. The fourth-order valence-corrected chi connectivity index (χ4v) is 1.94. The van der Waals surface area contributed by atoms with Crippen molar-refractivity contribution in [1.29, 1.82) is 0 Å². The SMILES string of the molecule is Cc1cccc(OCCCS(N)(=O)=O)c1[N+](=O)[O-]. The van der Waals surface area contributed by atoms with E-state index in [1.165, 1.54) is 6.07 Å². The molecule has 0 bridgehead atoms. The molecule has 0 aliphatic rings. The lowest BCUT2D eigenvalue weighted by Gasteiger charge is -2.07. The topological polar surface area (TPSA) is 113 Å². The van der Waals surface area contributed by atoms with Crippen molar-refractivity contribution >= 4 is 15.7 Å². The van der Waals surface area contributed by atoms with E-state index in [1.54, 1.807) is 19.1 Å². The monoisotopic (exact) mass is 274 g/mol. The standard InChI is InChI=1S/C10H14N2O5S/c1-8-4-2-5-9(10(8)12(13)14)17-6-3-7-18(11,15)16/h2,4-5H,3,6-7H2,1H3,(H2,11,15,16). The molecule has 0 saturated carbocycles. The molecule has 0 aromatic heterocycles. The zero-order valence-corrected chi connectivity index (χ0v) is 10.6. The number of para-hydroxylation sites is 1. The highest BCUT2D eigenvalue weighted by molar-refractivity contribution is 7.89. The third-order valence-corrected chi connectivity index (χ3v) is 3.07. The first-order chi connectivity index (χ1) is 8.31. The minimum atomic E-state index is -3.53. The maximum atomic E-state index is 10.8. The van der Waals surface area contributed by atoms with Crippen molar-refractivity contribution in [1.82, 2.24) is 0 Å². The molecule has 18 heavy (non-hydrogen) atoms. The smallest absolute Gasteiger partial charge is 0.313 e. The summed E-state index contributed by atoms with van der Waals surface area (Å²) in [6, 6.07) is 4.72. The second-order valence-corrected chi connectivity index (χ2v) is 5.48. The Balaban J connectivity index is 2.68. The molecule has 100 valence electrons. The molecule has 0 saturated heterocycles. The molecule has 0 amide bonds. The van der Waals surface area contributed by atoms with Crippen LogP contribution in [0.25, 0.3) is 0 Å². The van der Waals surface area contributed by atoms with Gasteiger partial charge in [-0.05, 0) is 19.4 Å². The molecule has 1 aromatic carbocycles. The van der Waals surface area contributed by atoms with Gasteiger partial charge in [0.15, 0.2) is 5.75 Å². The van der Waals surface area contributed by atoms with Gasteiger partial charge in [0.25, 0.3) is 0 Å². The largest absolute Gasteiger partial charge is 0.487 e. The molecule has 1 rings (SSSR count). The van der Waals surface area contributed by atoms with Crippen molar-refractivity contribution in [3.05, 3.63) is 33.9 Å². The molecule has 0 spiro atoms. The first-order valence-electron chi connectivity index (χ1n) is 5.18. The van der Waals surface area contributed by atoms with E-state index in [0.29, 0.717) is 5.56 Å². The van der Waals surface area contributed by atoms with Crippen molar-refractivity contribution < 1.29 is 18.1 Å². The Labute approximate surface area is 105 Å². The summed E-state index contributed by atoms with van der Waals surface area (Å²) in [5.41, 5.74) is 0.386. The number of hydrogen-bond donors (Lipinski definition) is 1. The number of nitro benzene ring substituents is 1. The van der Waals surface area contributed by atoms with Gasteiger partial charge in [0.05, 0.1) is 17.3 Å². The Morgan fingerprint density at radius 2 is 2.11 bits per heavy atom. The second kappa shape index (κ2) is 5.78. The number of benzene rings is 1. The molecule has 1 aromatic rings. The highest BCUT2D eigenvalue weighted by Gasteiger charge is 2.17. The van der Waals surface area contributed by atoms with Gasteiger partial charge >= 0.3 is 5.69 Å². The molecular weight excluding hydrogens is 260 g/mol. The summed E-state index contributed by atoms with van der Waals surface area (Å²) in [7, 11) is -3.53. The molecule has 0 atom stereocenters. The van der Waals surface area contributed by atoms with E-state index in [2.05, 4.69) is 0 Å². The average Bonchev–Trinajstić information content (AvgIpc) is 2.22. The maximum Gasteiger partial charge on any atom is 0.313 e. The lowest BCUT2D eigenvalue weighted by Crippen LogP contribution is -2.18. The van der Waals surface area contributed by atoms with E-state index in [4.69, 9.17) is 9.88 Å². The van der Waals surface area contributed by atoms with E-state index < -0.39 is 14.9 Å². The molecule has 2 N–H and O–H groups in total. The van der Waals surface area contributed by atoms with Crippen LogP contribution in [-0.2, 0) is 10.0 Å². The van der Waals surface area contributed by atoms with E-state index in [9.17, 15) is 18.5 Å². The fourth-order valence-electron chi connectivity index (χ4n) is 1.42. The van der Waals surface area contributed by atoms with Crippen LogP contribution in [0.4, 0.5) is 5.69 Å². The van der Waals surface area contributed by atoms with Gasteiger partial charge in [-0.3, -0.25) is 10.1 Å². The Bertz CT molecular complexity index is 541. The maximum absolute atomic E-state index is 10.8. The number of primary sulfonamides is 1. The third kappa shape index (κ3) is 4.30. The van der Waals surface area contributed by atoms with Gasteiger partial charge in [0.1, 0.15) is 0 Å². The van der Waals surface area contributed by atoms with E-state index in [-0.39, 0.29) is 30.2 Å². The molecule has 0 radical (unpaired) electrons. The van der Waals surface area contributed by atoms with Crippen molar-refractivity contribution in [2.75, 3.05) is 12.4 Å². The van der Waals surface area contributed by atoms with Crippen LogP contribution in [0.5, 0.6) is 5.75 Å². The van der Waals surface area contributed by atoms with Crippen molar-refractivity contribution in [2.24, 2.45) is 5.14 Å². The molecular formula is C10H14N2O5S. The predicted octanol–water partition coefficient (Wildman–Crippen LogP) is 0.961. The predicted molar refractivity (Wildman–Crippen MR) is 65.9 cm³/mol. The second-order valence-electron chi connectivity index (χ2n) is 3.75. The van der Waals surface area contributed by atoms with E-state index in [0.717, 1.165) is 0 Å². The van der Waals surface area contributed by atoms with Crippen LogP contribution in [-0.4, -0.2) is 25.7 Å². The molecule has 7 nitrogen and oxygen atoms in total. The Kier molecular flexibility index (Phi) is 4.62. The summed E-state index contributed by atoms with van der Waals surface area (Å²) in [4.78, 5) is 10.3. The molecule has 0 unspecified atom stereocenters. The number of nitrogens with two attached hydrogens (primary N) is 1. The Hall–Kier alpha value is -1.67. The lowest BCUT2D eigenvalue weighted by atomic mass is 10.2. The summed E-state index contributed by atoms with van der Waals surface area (Å²) >= 11 is 0. The van der Waals surface area contributed by atoms with Crippen LogP contribution in [0.2, 0.25) is 0 Å². The number of nitrogens with zero attached hydrogens (tertiary/aromatic N) is 1. The van der Waals surface area contributed by atoms with Gasteiger partial charge in [-0.1, -0.05) is 12.1 Å². The van der Waals surface area contributed by atoms with Crippen LogP contribution in [0, 0.1) is 17.0 Å². The van der Waals surface area contributed by atoms with Crippen LogP contribution in [0.1, 0.15) is 12.0 Å². The minimum Gasteiger partial charge on any atom is -0.487 e. The van der Waals surface area contributed by atoms with Crippen molar-refractivity contribution in [3.8, 4) is 5.75 Å². The number of rotatable bonds is 6. The van der Waals surface area contributed by atoms with Crippen molar-refractivity contribution in [3.63, 3.8) is 0 Å². The number of ether oxygens (including phenoxy) is 1. The summed E-state index contributed by atoms with van der Waals surface area (Å²) in [6.07, 6.45) is 0.184. The highest BCUT2D eigenvalue weighted by atomic mass is 32.2. The zero-order valence-electron chi connectivity index (χ0n) is 9.83.